The Labute approximate surface area is 121 Å². The summed E-state index contributed by atoms with van der Waals surface area (Å²) in [6.45, 7) is 12.7. The number of rotatable bonds is 4. The zero-order chi connectivity index (χ0) is 15.7. The highest BCUT2D eigenvalue weighted by Crippen LogP contribution is 2.38. The molecule has 20 heavy (non-hydrogen) atoms. The van der Waals surface area contributed by atoms with E-state index in [1.807, 2.05) is 46.4 Å². The fraction of sp³-hybridized carbons (Fsp3) is 0.867. The predicted molar refractivity (Wildman–Crippen MR) is 78.5 cm³/mol. The van der Waals surface area contributed by atoms with Crippen molar-refractivity contribution in [1.82, 2.24) is 10.2 Å². The second-order valence-corrected chi connectivity index (χ2v) is 7.25. The highest BCUT2D eigenvalue weighted by atomic mass is 16.4. The van der Waals surface area contributed by atoms with E-state index in [1.165, 1.54) is 0 Å². The quantitative estimate of drug-likeness (QED) is 0.825. The monoisotopic (exact) mass is 284 g/mol. The number of nitrogens with zero attached hydrogens (tertiary/aromatic N) is 1. The van der Waals surface area contributed by atoms with Gasteiger partial charge in [-0.25, -0.2) is 0 Å². The van der Waals surface area contributed by atoms with E-state index in [0.29, 0.717) is 19.5 Å². The molecule has 0 saturated carbocycles. The maximum absolute atomic E-state index is 12.2. The number of carboxylic acids is 1. The van der Waals surface area contributed by atoms with Gasteiger partial charge >= 0.3 is 5.97 Å². The molecular weight excluding hydrogens is 256 g/mol. The third-order valence-corrected chi connectivity index (χ3v) is 4.29. The number of nitrogens with one attached hydrogen (secondary N) is 1. The van der Waals surface area contributed by atoms with Crippen molar-refractivity contribution in [3.8, 4) is 0 Å². The Morgan fingerprint density at radius 2 is 1.80 bits per heavy atom. The van der Waals surface area contributed by atoms with Gasteiger partial charge in [-0.3, -0.25) is 14.5 Å². The van der Waals surface area contributed by atoms with Crippen LogP contribution in [0.5, 0.6) is 0 Å². The molecule has 1 aliphatic heterocycles. The van der Waals surface area contributed by atoms with Crippen molar-refractivity contribution >= 4 is 11.9 Å². The normalized spacial score (nSPS) is 25.8. The summed E-state index contributed by atoms with van der Waals surface area (Å²) in [6, 6.07) is -0.297. The largest absolute Gasteiger partial charge is 0.481 e. The Kier molecular flexibility index (Phi) is 4.85. The van der Waals surface area contributed by atoms with Gasteiger partial charge < -0.3 is 10.4 Å². The number of hydrogen-bond acceptors (Lipinski definition) is 3. The van der Waals surface area contributed by atoms with Crippen molar-refractivity contribution < 1.29 is 14.7 Å². The molecule has 0 aliphatic carbocycles. The Morgan fingerprint density at radius 1 is 1.25 bits per heavy atom. The standard InChI is InChI=1S/C15H28N2O3/c1-10(2)15(13(19)20)7-8-17(9-15)11(3)12(18)16-14(4,5)6/h10-11H,7-9H2,1-6H3,(H,16,18)(H,19,20). The first-order valence-corrected chi connectivity index (χ1v) is 7.29. The number of carbonyl (C=O) groups excluding carboxylic acids is 1. The molecule has 0 spiro atoms. The molecular formula is C15H28N2O3. The van der Waals surface area contributed by atoms with Crippen molar-refractivity contribution in [3.05, 3.63) is 0 Å². The molecule has 116 valence electrons. The summed E-state index contributed by atoms with van der Waals surface area (Å²) in [5, 5.41) is 12.5. The van der Waals surface area contributed by atoms with Gasteiger partial charge in [0.05, 0.1) is 11.5 Å². The molecule has 2 unspecified atom stereocenters. The van der Waals surface area contributed by atoms with Gasteiger partial charge in [0.15, 0.2) is 0 Å². The zero-order valence-corrected chi connectivity index (χ0v) is 13.5. The van der Waals surface area contributed by atoms with E-state index in [-0.39, 0.29) is 23.4 Å². The maximum Gasteiger partial charge on any atom is 0.311 e. The minimum atomic E-state index is -0.751. The Hall–Kier alpha value is -1.10. The highest BCUT2D eigenvalue weighted by Gasteiger charge is 2.48. The van der Waals surface area contributed by atoms with Gasteiger partial charge in [0.2, 0.25) is 5.91 Å². The van der Waals surface area contributed by atoms with Gasteiger partial charge in [0.1, 0.15) is 0 Å². The number of carboxylic acid groups (broad SMARTS) is 1. The summed E-state index contributed by atoms with van der Waals surface area (Å²) in [5.41, 5.74) is -0.997. The van der Waals surface area contributed by atoms with Gasteiger partial charge in [-0.2, -0.15) is 0 Å². The Bertz CT molecular complexity index is 387. The summed E-state index contributed by atoms with van der Waals surface area (Å²) in [5.74, 6) is -0.733. The van der Waals surface area contributed by atoms with Crippen LogP contribution < -0.4 is 5.32 Å². The third kappa shape index (κ3) is 3.51. The molecule has 5 heteroatoms. The van der Waals surface area contributed by atoms with Crippen LogP contribution in [0.4, 0.5) is 0 Å². The van der Waals surface area contributed by atoms with Crippen LogP contribution in [0.1, 0.15) is 48.0 Å². The predicted octanol–water partition coefficient (Wildman–Crippen LogP) is 1.72. The molecule has 1 saturated heterocycles. The van der Waals surface area contributed by atoms with Gasteiger partial charge in [0, 0.05) is 18.6 Å². The first-order valence-electron chi connectivity index (χ1n) is 7.29. The molecule has 0 bridgehead atoms. The molecule has 0 aromatic rings. The molecule has 0 aromatic carbocycles. The second kappa shape index (κ2) is 5.72. The lowest BCUT2D eigenvalue weighted by molar-refractivity contribution is -0.151. The number of likely N-dealkylation sites (tertiary alicyclic amines) is 1. The topological polar surface area (TPSA) is 69.6 Å². The number of amides is 1. The SMILES string of the molecule is CC(C(=O)NC(C)(C)C)N1CCC(C(=O)O)(C(C)C)C1. The summed E-state index contributed by atoms with van der Waals surface area (Å²) >= 11 is 0. The fourth-order valence-electron chi connectivity index (χ4n) is 2.73. The van der Waals surface area contributed by atoms with Crippen molar-refractivity contribution in [3.63, 3.8) is 0 Å². The van der Waals surface area contributed by atoms with Crippen LogP contribution in [0.2, 0.25) is 0 Å². The summed E-state index contributed by atoms with van der Waals surface area (Å²) in [4.78, 5) is 25.8. The summed E-state index contributed by atoms with van der Waals surface area (Å²) < 4.78 is 0. The number of hydrogen-bond donors (Lipinski definition) is 2. The van der Waals surface area contributed by atoms with E-state index < -0.39 is 11.4 Å². The van der Waals surface area contributed by atoms with Crippen molar-refractivity contribution in [2.75, 3.05) is 13.1 Å². The van der Waals surface area contributed by atoms with Gasteiger partial charge in [0.25, 0.3) is 0 Å². The smallest absolute Gasteiger partial charge is 0.311 e. The average molecular weight is 284 g/mol. The minimum Gasteiger partial charge on any atom is -0.481 e. The first-order chi connectivity index (χ1) is 8.99. The van der Waals surface area contributed by atoms with Crippen molar-refractivity contribution in [2.45, 2.75) is 59.5 Å². The molecule has 1 rings (SSSR count). The van der Waals surface area contributed by atoms with E-state index in [1.54, 1.807) is 0 Å². The molecule has 1 amide bonds. The fourth-order valence-corrected chi connectivity index (χ4v) is 2.73. The van der Waals surface area contributed by atoms with Gasteiger partial charge in [-0.15, -0.1) is 0 Å². The van der Waals surface area contributed by atoms with Crippen molar-refractivity contribution in [1.29, 1.82) is 0 Å². The molecule has 1 aliphatic rings. The van der Waals surface area contributed by atoms with Crippen LogP contribution in [-0.2, 0) is 9.59 Å². The van der Waals surface area contributed by atoms with E-state index in [4.69, 9.17) is 0 Å². The van der Waals surface area contributed by atoms with Gasteiger partial charge in [-0.1, -0.05) is 13.8 Å². The van der Waals surface area contributed by atoms with Gasteiger partial charge in [-0.05, 0) is 40.0 Å². The summed E-state index contributed by atoms with van der Waals surface area (Å²) in [6.07, 6.45) is 0.604. The van der Waals surface area contributed by atoms with Crippen LogP contribution in [0.15, 0.2) is 0 Å². The third-order valence-electron chi connectivity index (χ3n) is 4.29. The average Bonchev–Trinajstić information content (AvgIpc) is 2.71. The number of aliphatic carboxylic acids is 1. The van der Waals surface area contributed by atoms with E-state index >= 15 is 0 Å². The molecule has 0 aromatic heterocycles. The van der Waals surface area contributed by atoms with E-state index in [2.05, 4.69) is 5.32 Å². The zero-order valence-electron chi connectivity index (χ0n) is 13.5. The molecule has 2 atom stereocenters. The molecule has 0 radical (unpaired) electrons. The molecule has 1 fully saturated rings. The molecule has 2 N–H and O–H groups in total. The Balaban J connectivity index is 2.76. The highest BCUT2D eigenvalue weighted by molar-refractivity contribution is 5.82. The first kappa shape index (κ1) is 17.0. The van der Waals surface area contributed by atoms with Crippen LogP contribution in [0, 0.1) is 11.3 Å². The van der Waals surface area contributed by atoms with Crippen molar-refractivity contribution in [2.24, 2.45) is 11.3 Å². The van der Waals surface area contributed by atoms with Crippen LogP contribution in [0.3, 0.4) is 0 Å². The minimum absolute atomic E-state index is 0.0394. The van der Waals surface area contributed by atoms with E-state index in [0.717, 1.165) is 0 Å². The summed E-state index contributed by atoms with van der Waals surface area (Å²) in [7, 11) is 0. The second-order valence-electron chi connectivity index (χ2n) is 7.25. The molecule has 1 heterocycles. The lowest BCUT2D eigenvalue weighted by Gasteiger charge is -2.31. The maximum atomic E-state index is 12.2. The Morgan fingerprint density at radius 3 is 2.15 bits per heavy atom. The van der Waals surface area contributed by atoms with Crippen LogP contribution in [0.25, 0.3) is 0 Å². The van der Waals surface area contributed by atoms with E-state index in [9.17, 15) is 14.7 Å². The van der Waals surface area contributed by atoms with Crippen LogP contribution in [-0.4, -0.2) is 46.6 Å². The lowest BCUT2D eigenvalue weighted by atomic mass is 9.76. The number of carbonyl (C=O) groups is 2. The molecule has 5 nitrogen and oxygen atoms in total. The lowest BCUT2D eigenvalue weighted by Crippen LogP contribution is -2.51. The van der Waals surface area contributed by atoms with Crippen LogP contribution >= 0.6 is 0 Å².